The minimum atomic E-state index is 0.525. The lowest BCUT2D eigenvalue weighted by Crippen LogP contribution is -2.15. The van der Waals surface area contributed by atoms with E-state index in [9.17, 15) is 0 Å². The Balaban J connectivity index is 1.63. The van der Waals surface area contributed by atoms with Crippen LogP contribution < -0.4 is 10.1 Å². The summed E-state index contributed by atoms with van der Waals surface area (Å²) in [4.78, 5) is 0. The highest BCUT2D eigenvalue weighted by Crippen LogP contribution is 2.25. The normalized spacial score (nSPS) is 14.2. The zero-order valence-corrected chi connectivity index (χ0v) is 14.0. The van der Waals surface area contributed by atoms with Crippen molar-refractivity contribution in [3.05, 3.63) is 63.1 Å². The van der Waals surface area contributed by atoms with Crippen molar-refractivity contribution in [3.8, 4) is 5.75 Å². The first-order chi connectivity index (χ1) is 10.2. The van der Waals surface area contributed by atoms with Crippen LogP contribution in [0.3, 0.4) is 0 Å². The highest BCUT2D eigenvalue weighted by atomic mass is 79.9. The van der Waals surface area contributed by atoms with Gasteiger partial charge in [-0.05, 0) is 54.3 Å². The molecule has 1 aliphatic rings. The van der Waals surface area contributed by atoms with Crippen molar-refractivity contribution in [3.63, 3.8) is 0 Å². The average Bonchev–Trinajstić information content (AvgIpc) is 3.29. The molecule has 110 valence electrons. The van der Waals surface area contributed by atoms with Gasteiger partial charge >= 0.3 is 0 Å². The molecule has 1 N–H and O–H groups in total. The van der Waals surface area contributed by atoms with E-state index in [0.29, 0.717) is 12.6 Å². The van der Waals surface area contributed by atoms with Crippen LogP contribution in [0.4, 0.5) is 0 Å². The Hall–Kier alpha value is -1.03. The second kappa shape index (κ2) is 6.82. The molecular formula is C17H17BrClNO. The number of ether oxygens (including phenoxy) is 1. The topological polar surface area (TPSA) is 21.3 Å². The van der Waals surface area contributed by atoms with E-state index in [1.165, 1.54) is 18.4 Å². The van der Waals surface area contributed by atoms with E-state index in [2.05, 4.69) is 27.3 Å². The van der Waals surface area contributed by atoms with E-state index in [1.807, 2.05) is 36.4 Å². The number of halogens is 2. The number of hydrogen-bond donors (Lipinski definition) is 1. The summed E-state index contributed by atoms with van der Waals surface area (Å²) >= 11 is 9.57. The predicted molar refractivity (Wildman–Crippen MR) is 89.8 cm³/mol. The molecule has 0 amide bonds. The van der Waals surface area contributed by atoms with Gasteiger partial charge in [-0.2, -0.15) is 0 Å². The van der Waals surface area contributed by atoms with Crippen LogP contribution in [0.5, 0.6) is 5.75 Å². The van der Waals surface area contributed by atoms with Crippen LogP contribution >= 0.6 is 27.5 Å². The van der Waals surface area contributed by atoms with Crippen LogP contribution in [0.2, 0.25) is 5.02 Å². The predicted octanol–water partition coefficient (Wildman–Crippen LogP) is 4.93. The van der Waals surface area contributed by atoms with Gasteiger partial charge in [-0.3, -0.25) is 0 Å². The molecule has 0 saturated heterocycles. The molecule has 0 unspecified atom stereocenters. The molecule has 0 aliphatic heterocycles. The summed E-state index contributed by atoms with van der Waals surface area (Å²) in [7, 11) is 0. The highest BCUT2D eigenvalue weighted by Gasteiger charge is 2.20. The van der Waals surface area contributed by atoms with Gasteiger partial charge in [0.25, 0.3) is 0 Å². The van der Waals surface area contributed by atoms with E-state index in [0.717, 1.165) is 27.4 Å². The van der Waals surface area contributed by atoms with Crippen molar-refractivity contribution in [2.75, 3.05) is 0 Å². The van der Waals surface area contributed by atoms with E-state index in [1.54, 1.807) is 0 Å². The third kappa shape index (κ3) is 4.47. The molecule has 0 spiro atoms. The molecule has 1 fully saturated rings. The van der Waals surface area contributed by atoms with Gasteiger partial charge in [0.1, 0.15) is 12.4 Å². The van der Waals surface area contributed by atoms with Gasteiger partial charge in [0.15, 0.2) is 0 Å². The van der Waals surface area contributed by atoms with Crippen molar-refractivity contribution >= 4 is 27.5 Å². The van der Waals surface area contributed by atoms with Crippen molar-refractivity contribution in [2.45, 2.75) is 32.0 Å². The summed E-state index contributed by atoms with van der Waals surface area (Å²) in [5.74, 6) is 0.880. The Morgan fingerprint density at radius 2 is 2.05 bits per heavy atom. The van der Waals surface area contributed by atoms with E-state index >= 15 is 0 Å². The van der Waals surface area contributed by atoms with Gasteiger partial charge in [-0.1, -0.05) is 39.7 Å². The van der Waals surface area contributed by atoms with Crippen LogP contribution in [0.1, 0.15) is 24.0 Å². The first-order valence-electron chi connectivity index (χ1n) is 7.10. The Kier molecular flexibility index (Phi) is 4.84. The molecule has 2 aromatic rings. The standard InChI is InChI=1S/C17H17BrClNO/c18-17-7-6-16(9-13(17)10-20-15-4-5-15)21-11-12-2-1-3-14(19)8-12/h1-3,6-9,15,20H,4-5,10-11H2. The van der Waals surface area contributed by atoms with Crippen molar-refractivity contribution in [2.24, 2.45) is 0 Å². The summed E-state index contributed by atoms with van der Waals surface area (Å²) in [6.45, 7) is 1.40. The molecule has 2 nitrogen and oxygen atoms in total. The van der Waals surface area contributed by atoms with E-state index in [-0.39, 0.29) is 0 Å². The Labute approximate surface area is 138 Å². The second-order valence-electron chi connectivity index (χ2n) is 5.33. The Morgan fingerprint density at radius 3 is 2.81 bits per heavy atom. The minimum absolute atomic E-state index is 0.525. The number of nitrogens with one attached hydrogen (secondary N) is 1. The molecule has 0 aromatic heterocycles. The van der Waals surface area contributed by atoms with Gasteiger partial charge in [0, 0.05) is 22.1 Å². The Morgan fingerprint density at radius 1 is 1.19 bits per heavy atom. The third-order valence-electron chi connectivity index (χ3n) is 3.47. The zero-order valence-electron chi connectivity index (χ0n) is 11.6. The first kappa shape index (κ1) is 14.9. The average molecular weight is 367 g/mol. The summed E-state index contributed by atoms with van der Waals surface area (Å²) in [5, 5.41) is 4.26. The van der Waals surface area contributed by atoms with Crippen LogP contribution in [-0.4, -0.2) is 6.04 Å². The molecule has 1 saturated carbocycles. The minimum Gasteiger partial charge on any atom is -0.489 e. The Bertz CT molecular complexity index is 628. The molecule has 0 heterocycles. The molecule has 0 bridgehead atoms. The lowest BCUT2D eigenvalue weighted by atomic mass is 10.2. The molecule has 4 heteroatoms. The first-order valence-corrected chi connectivity index (χ1v) is 8.27. The van der Waals surface area contributed by atoms with Crippen LogP contribution in [-0.2, 0) is 13.2 Å². The maximum atomic E-state index is 5.98. The van der Waals surface area contributed by atoms with Crippen molar-refractivity contribution in [1.29, 1.82) is 0 Å². The molecule has 2 aromatic carbocycles. The monoisotopic (exact) mass is 365 g/mol. The van der Waals surface area contributed by atoms with Gasteiger partial charge in [-0.25, -0.2) is 0 Å². The molecular weight excluding hydrogens is 350 g/mol. The summed E-state index contributed by atoms with van der Waals surface area (Å²) in [6.07, 6.45) is 2.59. The van der Waals surface area contributed by atoms with Gasteiger partial charge in [-0.15, -0.1) is 0 Å². The summed E-state index contributed by atoms with van der Waals surface area (Å²) in [5.41, 5.74) is 2.30. The fourth-order valence-corrected chi connectivity index (χ4v) is 2.71. The molecule has 3 rings (SSSR count). The SMILES string of the molecule is Clc1cccc(COc2ccc(Br)c(CNC3CC3)c2)c1. The van der Waals surface area contributed by atoms with Gasteiger partial charge < -0.3 is 10.1 Å². The third-order valence-corrected chi connectivity index (χ3v) is 4.48. The van der Waals surface area contributed by atoms with Crippen molar-refractivity contribution in [1.82, 2.24) is 5.32 Å². The summed E-state index contributed by atoms with van der Waals surface area (Å²) in [6, 6.07) is 14.6. The number of hydrogen-bond acceptors (Lipinski definition) is 2. The highest BCUT2D eigenvalue weighted by molar-refractivity contribution is 9.10. The van der Waals surface area contributed by atoms with E-state index in [4.69, 9.17) is 16.3 Å². The lowest BCUT2D eigenvalue weighted by Gasteiger charge is -2.11. The smallest absolute Gasteiger partial charge is 0.120 e. The quantitative estimate of drug-likeness (QED) is 0.782. The molecule has 21 heavy (non-hydrogen) atoms. The molecule has 0 radical (unpaired) electrons. The van der Waals surface area contributed by atoms with Crippen LogP contribution in [0.15, 0.2) is 46.9 Å². The summed E-state index contributed by atoms with van der Waals surface area (Å²) < 4.78 is 6.97. The van der Waals surface area contributed by atoms with Crippen molar-refractivity contribution < 1.29 is 4.74 Å². The second-order valence-corrected chi connectivity index (χ2v) is 6.62. The van der Waals surface area contributed by atoms with E-state index < -0.39 is 0 Å². The van der Waals surface area contributed by atoms with Gasteiger partial charge in [0.2, 0.25) is 0 Å². The lowest BCUT2D eigenvalue weighted by molar-refractivity contribution is 0.306. The van der Waals surface area contributed by atoms with Crippen LogP contribution in [0, 0.1) is 0 Å². The van der Waals surface area contributed by atoms with Gasteiger partial charge in [0.05, 0.1) is 0 Å². The maximum Gasteiger partial charge on any atom is 0.120 e. The van der Waals surface area contributed by atoms with Crippen LogP contribution in [0.25, 0.3) is 0 Å². The largest absolute Gasteiger partial charge is 0.489 e. The zero-order chi connectivity index (χ0) is 14.7. The molecule has 0 atom stereocenters. The fraction of sp³-hybridized carbons (Fsp3) is 0.294. The fourth-order valence-electron chi connectivity index (χ4n) is 2.11. The number of benzene rings is 2. The number of rotatable bonds is 6. The molecule has 1 aliphatic carbocycles. The maximum absolute atomic E-state index is 5.98.